The van der Waals surface area contributed by atoms with E-state index < -0.39 is 0 Å². The standard InChI is InChI=1S/C15H16N4O3/c1-10-3-5-11(6-4-10)9-12-15(21-8-2-7-20)17-14-13(16-12)18-22-19-14/h3-6,20H,2,7-9H2,1H3. The molecule has 0 spiro atoms. The van der Waals surface area contributed by atoms with Gasteiger partial charge in [-0.3, -0.25) is 0 Å². The van der Waals surface area contributed by atoms with Crippen LogP contribution in [0.4, 0.5) is 0 Å². The van der Waals surface area contributed by atoms with E-state index >= 15 is 0 Å². The Morgan fingerprint density at radius 2 is 1.82 bits per heavy atom. The summed E-state index contributed by atoms with van der Waals surface area (Å²) in [5.41, 5.74) is 3.64. The number of aryl methyl sites for hydroxylation is 1. The van der Waals surface area contributed by atoms with E-state index in [2.05, 4.69) is 24.9 Å². The molecule has 3 rings (SSSR count). The molecular weight excluding hydrogens is 284 g/mol. The van der Waals surface area contributed by atoms with Gasteiger partial charge < -0.3 is 9.84 Å². The topological polar surface area (TPSA) is 94.2 Å². The zero-order chi connectivity index (χ0) is 15.4. The Morgan fingerprint density at radius 3 is 2.55 bits per heavy atom. The maximum absolute atomic E-state index is 8.86. The monoisotopic (exact) mass is 300 g/mol. The molecule has 0 atom stereocenters. The van der Waals surface area contributed by atoms with Crippen molar-refractivity contribution in [2.24, 2.45) is 0 Å². The first kappa shape index (κ1) is 14.4. The average molecular weight is 300 g/mol. The summed E-state index contributed by atoms with van der Waals surface area (Å²) in [6, 6.07) is 8.18. The third-order valence-corrected chi connectivity index (χ3v) is 3.18. The van der Waals surface area contributed by atoms with Gasteiger partial charge in [-0.05, 0) is 22.8 Å². The molecule has 22 heavy (non-hydrogen) atoms. The van der Waals surface area contributed by atoms with Crippen LogP contribution < -0.4 is 4.74 Å². The summed E-state index contributed by atoms with van der Waals surface area (Å²) in [6.45, 7) is 2.47. The van der Waals surface area contributed by atoms with E-state index in [1.54, 1.807) is 0 Å². The van der Waals surface area contributed by atoms with Gasteiger partial charge in [-0.1, -0.05) is 29.8 Å². The zero-order valence-corrected chi connectivity index (χ0v) is 12.2. The van der Waals surface area contributed by atoms with E-state index in [1.807, 2.05) is 31.2 Å². The van der Waals surface area contributed by atoms with E-state index in [0.29, 0.717) is 42.3 Å². The molecule has 0 fully saturated rings. The molecule has 7 nitrogen and oxygen atoms in total. The average Bonchev–Trinajstić information content (AvgIpc) is 2.97. The number of aromatic nitrogens is 4. The van der Waals surface area contributed by atoms with Crippen molar-refractivity contribution in [2.45, 2.75) is 19.8 Å². The molecule has 0 unspecified atom stereocenters. The molecule has 0 aliphatic rings. The molecule has 0 radical (unpaired) electrons. The van der Waals surface area contributed by atoms with Crippen molar-refractivity contribution in [3.05, 3.63) is 41.1 Å². The largest absolute Gasteiger partial charge is 0.476 e. The fourth-order valence-corrected chi connectivity index (χ4v) is 2.02. The fraction of sp³-hybridized carbons (Fsp3) is 0.333. The van der Waals surface area contributed by atoms with Crippen LogP contribution in [0, 0.1) is 6.92 Å². The van der Waals surface area contributed by atoms with Crippen LogP contribution in [0.5, 0.6) is 5.88 Å². The Bertz CT molecular complexity index is 755. The second kappa shape index (κ2) is 6.48. The van der Waals surface area contributed by atoms with E-state index in [4.69, 9.17) is 9.84 Å². The molecule has 0 amide bonds. The van der Waals surface area contributed by atoms with Crippen LogP contribution in [-0.2, 0) is 6.42 Å². The van der Waals surface area contributed by atoms with Crippen molar-refractivity contribution in [1.29, 1.82) is 0 Å². The summed E-state index contributed by atoms with van der Waals surface area (Å²) in [6.07, 6.45) is 1.10. The number of nitrogens with zero attached hydrogens (tertiary/aromatic N) is 4. The number of aliphatic hydroxyl groups is 1. The second-order valence-electron chi connectivity index (χ2n) is 4.97. The lowest BCUT2D eigenvalue weighted by atomic mass is 10.1. The smallest absolute Gasteiger partial charge is 0.246 e. The Labute approximate surface area is 126 Å². The first-order chi connectivity index (χ1) is 10.8. The number of benzene rings is 1. The van der Waals surface area contributed by atoms with Crippen molar-refractivity contribution in [3.8, 4) is 5.88 Å². The van der Waals surface area contributed by atoms with Crippen molar-refractivity contribution >= 4 is 11.3 Å². The molecule has 7 heteroatoms. The van der Waals surface area contributed by atoms with Gasteiger partial charge in [0.2, 0.25) is 17.2 Å². The second-order valence-corrected chi connectivity index (χ2v) is 4.97. The number of hydrogen-bond acceptors (Lipinski definition) is 7. The Hall–Kier alpha value is -2.54. The number of fused-ring (bicyclic) bond motifs is 1. The van der Waals surface area contributed by atoms with Crippen molar-refractivity contribution < 1.29 is 14.5 Å². The summed E-state index contributed by atoms with van der Waals surface area (Å²) < 4.78 is 10.3. The molecule has 1 aromatic carbocycles. The summed E-state index contributed by atoms with van der Waals surface area (Å²) in [7, 11) is 0. The van der Waals surface area contributed by atoms with Crippen molar-refractivity contribution in [2.75, 3.05) is 13.2 Å². The van der Waals surface area contributed by atoms with Gasteiger partial charge in [0.05, 0.1) is 6.61 Å². The Balaban J connectivity index is 1.90. The van der Waals surface area contributed by atoms with Crippen LogP contribution in [0.1, 0.15) is 23.2 Å². The van der Waals surface area contributed by atoms with Gasteiger partial charge in [0, 0.05) is 19.4 Å². The number of hydrogen-bond donors (Lipinski definition) is 1. The molecule has 2 aromatic heterocycles. The predicted octanol–water partition coefficient (Wildman–Crippen LogP) is 1.67. The summed E-state index contributed by atoms with van der Waals surface area (Å²) in [4.78, 5) is 8.70. The number of aliphatic hydroxyl groups excluding tert-OH is 1. The summed E-state index contributed by atoms with van der Waals surface area (Å²) in [5.74, 6) is 0.400. The molecule has 0 aliphatic heterocycles. The van der Waals surface area contributed by atoms with E-state index in [-0.39, 0.29) is 6.61 Å². The first-order valence-electron chi connectivity index (χ1n) is 7.04. The normalized spacial score (nSPS) is 11.0. The highest BCUT2D eigenvalue weighted by Gasteiger charge is 2.14. The van der Waals surface area contributed by atoms with Gasteiger partial charge in [0.15, 0.2) is 0 Å². The molecule has 0 bridgehead atoms. The first-order valence-corrected chi connectivity index (χ1v) is 7.04. The molecule has 1 N–H and O–H groups in total. The molecule has 0 saturated heterocycles. The van der Waals surface area contributed by atoms with Crippen molar-refractivity contribution in [1.82, 2.24) is 20.3 Å². The van der Waals surface area contributed by atoms with Crippen LogP contribution in [-0.4, -0.2) is 38.6 Å². The van der Waals surface area contributed by atoms with Gasteiger partial charge in [-0.25, -0.2) is 9.61 Å². The fourth-order valence-electron chi connectivity index (χ4n) is 2.02. The molecule has 0 aliphatic carbocycles. The molecule has 3 aromatic rings. The van der Waals surface area contributed by atoms with E-state index in [1.165, 1.54) is 5.56 Å². The maximum Gasteiger partial charge on any atom is 0.246 e. The number of rotatable bonds is 6. The molecular formula is C15H16N4O3. The molecule has 114 valence electrons. The van der Waals surface area contributed by atoms with Crippen LogP contribution >= 0.6 is 0 Å². The summed E-state index contributed by atoms with van der Waals surface area (Å²) >= 11 is 0. The highest BCUT2D eigenvalue weighted by atomic mass is 16.6. The highest BCUT2D eigenvalue weighted by Crippen LogP contribution is 2.20. The predicted molar refractivity (Wildman–Crippen MR) is 78.6 cm³/mol. The molecule has 0 saturated carbocycles. The minimum atomic E-state index is 0.0640. The molecule has 2 heterocycles. The van der Waals surface area contributed by atoms with Crippen LogP contribution in [0.25, 0.3) is 11.3 Å². The van der Waals surface area contributed by atoms with Gasteiger partial charge in [0.1, 0.15) is 5.69 Å². The van der Waals surface area contributed by atoms with E-state index in [9.17, 15) is 0 Å². The Morgan fingerprint density at radius 1 is 1.09 bits per heavy atom. The van der Waals surface area contributed by atoms with Gasteiger partial charge in [-0.15, -0.1) is 0 Å². The third-order valence-electron chi connectivity index (χ3n) is 3.18. The lowest BCUT2D eigenvalue weighted by Gasteiger charge is -2.09. The van der Waals surface area contributed by atoms with Gasteiger partial charge in [0.25, 0.3) is 0 Å². The lowest BCUT2D eigenvalue weighted by Crippen LogP contribution is -2.06. The summed E-state index contributed by atoms with van der Waals surface area (Å²) in [5, 5.41) is 16.3. The SMILES string of the molecule is Cc1ccc(Cc2nc3nonc3nc2OCCCO)cc1. The minimum absolute atomic E-state index is 0.0640. The maximum atomic E-state index is 8.86. The minimum Gasteiger partial charge on any atom is -0.476 e. The van der Waals surface area contributed by atoms with E-state index in [0.717, 1.165) is 5.56 Å². The zero-order valence-electron chi connectivity index (χ0n) is 12.2. The van der Waals surface area contributed by atoms with Crippen LogP contribution in [0.15, 0.2) is 28.9 Å². The Kier molecular flexibility index (Phi) is 4.24. The highest BCUT2D eigenvalue weighted by molar-refractivity contribution is 5.64. The quantitative estimate of drug-likeness (QED) is 0.692. The number of ether oxygens (including phenoxy) is 1. The van der Waals surface area contributed by atoms with Crippen LogP contribution in [0.2, 0.25) is 0 Å². The van der Waals surface area contributed by atoms with Gasteiger partial charge in [-0.2, -0.15) is 4.98 Å². The van der Waals surface area contributed by atoms with Crippen LogP contribution in [0.3, 0.4) is 0 Å². The lowest BCUT2D eigenvalue weighted by molar-refractivity contribution is 0.228. The third kappa shape index (κ3) is 3.20. The van der Waals surface area contributed by atoms with Crippen molar-refractivity contribution in [3.63, 3.8) is 0 Å². The van der Waals surface area contributed by atoms with Gasteiger partial charge >= 0.3 is 0 Å².